The molecule has 7 heteroatoms. The van der Waals surface area contributed by atoms with Crippen LogP contribution in [0.4, 0.5) is 0 Å². The number of carbonyl (C=O) groups excluding carboxylic acids is 1. The van der Waals surface area contributed by atoms with Gasteiger partial charge >= 0.3 is 0 Å². The van der Waals surface area contributed by atoms with Crippen LogP contribution in [0.3, 0.4) is 0 Å². The van der Waals surface area contributed by atoms with E-state index in [1.807, 2.05) is 47.8 Å². The van der Waals surface area contributed by atoms with E-state index in [9.17, 15) is 4.79 Å². The number of ether oxygens (including phenoxy) is 2. The lowest BCUT2D eigenvalue weighted by atomic mass is 9.71. The molecule has 1 saturated carbocycles. The van der Waals surface area contributed by atoms with Crippen molar-refractivity contribution in [1.29, 1.82) is 0 Å². The average molecular weight is 443 g/mol. The molecular formula is C23H23ClN2O3S. The van der Waals surface area contributed by atoms with Crippen LogP contribution >= 0.6 is 22.9 Å². The first-order chi connectivity index (χ1) is 14.5. The molecule has 0 unspecified atom stereocenters. The van der Waals surface area contributed by atoms with E-state index in [1.165, 1.54) is 11.3 Å². The number of aromatic nitrogens is 1. The third kappa shape index (κ3) is 4.16. The maximum absolute atomic E-state index is 12.8. The van der Waals surface area contributed by atoms with Gasteiger partial charge in [-0.05, 0) is 55.2 Å². The third-order valence-corrected chi connectivity index (χ3v) is 6.70. The minimum atomic E-state index is -0.288. The second-order valence-corrected chi connectivity index (χ2v) is 8.68. The van der Waals surface area contributed by atoms with Crippen molar-refractivity contribution in [2.45, 2.75) is 31.2 Å². The largest absolute Gasteiger partial charge is 0.493 e. The minimum absolute atomic E-state index is 0.0196. The van der Waals surface area contributed by atoms with Crippen molar-refractivity contribution in [3.05, 3.63) is 64.1 Å². The number of methoxy groups -OCH3 is 2. The van der Waals surface area contributed by atoms with E-state index in [-0.39, 0.29) is 17.9 Å². The van der Waals surface area contributed by atoms with Crippen molar-refractivity contribution in [3.63, 3.8) is 0 Å². The van der Waals surface area contributed by atoms with E-state index in [4.69, 9.17) is 21.1 Å². The van der Waals surface area contributed by atoms with Crippen molar-refractivity contribution in [1.82, 2.24) is 10.3 Å². The van der Waals surface area contributed by atoms with Crippen LogP contribution in [0.15, 0.2) is 47.8 Å². The monoisotopic (exact) mass is 442 g/mol. The molecule has 0 radical (unpaired) electrons. The van der Waals surface area contributed by atoms with E-state index < -0.39 is 0 Å². The molecule has 0 spiro atoms. The Morgan fingerprint density at radius 3 is 2.50 bits per heavy atom. The van der Waals surface area contributed by atoms with Gasteiger partial charge in [0.1, 0.15) is 5.01 Å². The molecule has 2 aromatic carbocycles. The Labute approximate surface area is 185 Å². The topological polar surface area (TPSA) is 60.5 Å². The summed E-state index contributed by atoms with van der Waals surface area (Å²) >= 11 is 7.53. The molecule has 30 heavy (non-hydrogen) atoms. The Morgan fingerprint density at radius 1 is 1.13 bits per heavy atom. The van der Waals surface area contributed by atoms with Gasteiger partial charge in [0.25, 0.3) is 0 Å². The highest BCUT2D eigenvalue weighted by molar-refractivity contribution is 7.13. The van der Waals surface area contributed by atoms with Crippen molar-refractivity contribution < 1.29 is 14.3 Å². The lowest BCUT2D eigenvalue weighted by molar-refractivity contribution is -0.123. The molecule has 1 amide bonds. The summed E-state index contributed by atoms with van der Waals surface area (Å²) in [4.78, 5) is 17.4. The zero-order chi connectivity index (χ0) is 21.1. The normalized spacial score (nSPS) is 14.6. The highest BCUT2D eigenvalue weighted by atomic mass is 35.5. The third-order valence-electron chi connectivity index (χ3n) is 5.51. The van der Waals surface area contributed by atoms with Crippen LogP contribution in [0.1, 0.15) is 30.5 Å². The molecular weight excluding hydrogens is 420 g/mol. The Bertz CT molecular complexity index is 1040. The predicted octanol–water partition coefficient (Wildman–Crippen LogP) is 5.22. The van der Waals surface area contributed by atoms with E-state index in [0.29, 0.717) is 16.5 Å². The minimum Gasteiger partial charge on any atom is -0.493 e. The highest BCUT2D eigenvalue weighted by Gasteiger charge is 2.39. The van der Waals surface area contributed by atoms with Gasteiger partial charge in [0.2, 0.25) is 5.91 Å². The predicted molar refractivity (Wildman–Crippen MR) is 119 cm³/mol. The van der Waals surface area contributed by atoms with Crippen LogP contribution < -0.4 is 14.8 Å². The number of rotatable bonds is 7. The standard InChI is InChI=1S/C23H23ClN2O3S/c1-28-19-9-4-15(12-20(19)29-2)22-25-18(14-30-22)13-21(27)26-23(10-3-11-23)16-5-7-17(24)8-6-16/h4-9,12,14H,3,10-11,13H2,1-2H3,(H,26,27). The zero-order valence-corrected chi connectivity index (χ0v) is 18.5. The van der Waals surface area contributed by atoms with Crippen LogP contribution in [0.2, 0.25) is 5.02 Å². The lowest BCUT2D eigenvalue weighted by Crippen LogP contribution is -2.51. The number of benzene rings is 2. The molecule has 0 atom stereocenters. The second-order valence-electron chi connectivity index (χ2n) is 7.38. The quantitative estimate of drug-likeness (QED) is 0.545. The molecule has 0 saturated heterocycles. The maximum atomic E-state index is 12.8. The van der Waals surface area contributed by atoms with Gasteiger partial charge < -0.3 is 14.8 Å². The van der Waals surface area contributed by atoms with E-state index in [1.54, 1.807) is 14.2 Å². The number of amides is 1. The summed E-state index contributed by atoms with van der Waals surface area (Å²) in [5.74, 6) is 1.30. The van der Waals surface area contributed by atoms with Crippen LogP contribution in [-0.2, 0) is 16.8 Å². The maximum Gasteiger partial charge on any atom is 0.226 e. The van der Waals surface area contributed by atoms with Crippen LogP contribution in [-0.4, -0.2) is 25.1 Å². The van der Waals surface area contributed by atoms with Crippen LogP contribution in [0.5, 0.6) is 11.5 Å². The van der Waals surface area contributed by atoms with Crippen molar-refractivity contribution in [2.24, 2.45) is 0 Å². The summed E-state index contributed by atoms with van der Waals surface area (Å²) in [5.41, 5.74) is 2.51. The number of hydrogen-bond donors (Lipinski definition) is 1. The van der Waals surface area contributed by atoms with Crippen LogP contribution in [0.25, 0.3) is 10.6 Å². The fourth-order valence-electron chi connectivity index (χ4n) is 3.75. The zero-order valence-electron chi connectivity index (χ0n) is 16.9. The van der Waals surface area contributed by atoms with E-state index in [0.717, 1.165) is 41.1 Å². The van der Waals surface area contributed by atoms with Crippen molar-refractivity contribution >= 4 is 28.8 Å². The summed E-state index contributed by atoms with van der Waals surface area (Å²) in [6, 6.07) is 13.4. The summed E-state index contributed by atoms with van der Waals surface area (Å²) < 4.78 is 10.7. The second kappa shape index (κ2) is 8.66. The first-order valence-electron chi connectivity index (χ1n) is 9.77. The van der Waals surface area contributed by atoms with Crippen LogP contribution in [0, 0.1) is 0 Å². The Kier molecular flexibility index (Phi) is 5.97. The van der Waals surface area contributed by atoms with Crippen molar-refractivity contribution in [2.75, 3.05) is 14.2 Å². The molecule has 5 nitrogen and oxygen atoms in total. The molecule has 1 fully saturated rings. The smallest absolute Gasteiger partial charge is 0.226 e. The van der Waals surface area contributed by atoms with Gasteiger partial charge in [-0.3, -0.25) is 4.79 Å². The summed E-state index contributed by atoms with van der Waals surface area (Å²) in [6.07, 6.45) is 3.23. The highest BCUT2D eigenvalue weighted by Crippen LogP contribution is 2.41. The van der Waals surface area contributed by atoms with Gasteiger partial charge in [-0.1, -0.05) is 23.7 Å². The SMILES string of the molecule is COc1ccc(-c2nc(CC(=O)NC3(c4ccc(Cl)cc4)CCC3)cs2)cc1OC. The summed E-state index contributed by atoms with van der Waals surface area (Å²) in [6.45, 7) is 0. The van der Waals surface area contributed by atoms with Gasteiger partial charge in [0.05, 0.1) is 31.9 Å². The first-order valence-corrected chi connectivity index (χ1v) is 11.0. The number of nitrogens with zero attached hydrogens (tertiary/aromatic N) is 1. The molecule has 0 aliphatic heterocycles. The van der Waals surface area contributed by atoms with Gasteiger partial charge in [0.15, 0.2) is 11.5 Å². The fourth-order valence-corrected chi connectivity index (χ4v) is 4.69. The van der Waals surface area contributed by atoms with E-state index >= 15 is 0 Å². The lowest BCUT2D eigenvalue weighted by Gasteiger charge is -2.43. The van der Waals surface area contributed by atoms with Gasteiger partial charge in [0, 0.05) is 16.0 Å². The number of nitrogens with one attached hydrogen (secondary N) is 1. The molecule has 4 rings (SSSR count). The molecule has 0 bridgehead atoms. The number of hydrogen-bond acceptors (Lipinski definition) is 5. The average Bonchev–Trinajstić information content (AvgIpc) is 3.19. The number of thiazole rings is 1. The molecule has 156 valence electrons. The van der Waals surface area contributed by atoms with Gasteiger partial charge in [-0.2, -0.15) is 0 Å². The van der Waals surface area contributed by atoms with Crippen molar-refractivity contribution in [3.8, 4) is 22.1 Å². The van der Waals surface area contributed by atoms with Gasteiger partial charge in [-0.25, -0.2) is 4.98 Å². The van der Waals surface area contributed by atoms with Gasteiger partial charge in [-0.15, -0.1) is 11.3 Å². The molecule has 1 heterocycles. The number of halogens is 1. The Balaban J connectivity index is 1.46. The molecule has 1 aliphatic carbocycles. The summed E-state index contributed by atoms with van der Waals surface area (Å²) in [5, 5.41) is 6.72. The molecule has 1 N–H and O–H groups in total. The Morgan fingerprint density at radius 2 is 1.87 bits per heavy atom. The molecule has 3 aromatic rings. The first kappa shape index (κ1) is 20.7. The molecule has 1 aliphatic rings. The van der Waals surface area contributed by atoms with E-state index in [2.05, 4.69) is 10.3 Å². The fraction of sp³-hybridized carbons (Fsp3) is 0.304. The summed E-state index contributed by atoms with van der Waals surface area (Å²) in [7, 11) is 3.22. The number of carbonyl (C=O) groups is 1. The Hall–Kier alpha value is -2.57. The molecule has 1 aromatic heterocycles.